The summed E-state index contributed by atoms with van der Waals surface area (Å²) in [4.78, 5) is 5.68. The Morgan fingerprint density at radius 2 is 1.88 bits per heavy atom. The van der Waals surface area contributed by atoms with E-state index in [1.54, 1.807) is 11.3 Å². The lowest BCUT2D eigenvalue weighted by atomic mass is 10.0. The van der Waals surface area contributed by atoms with Gasteiger partial charge in [0.05, 0.1) is 11.2 Å². The van der Waals surface area contributed by atoms with E-state index < -0.39 is 0 Å². The zero-order valence-corrected chi connectivity index (χ0v) is 10.8. The first-order chi connectivity index (χ1) is 7.66. The third-order valence-corrected chi connectivity index (χ3v) is 3.37. The predicted octanol–water partition coefficient (Wildman–Crippen LogP) is 4.32. The van der Waals surface area contributed by atoms with Gasteiger partial charge < -0.3 is 0 Å². The second-order valence-corrected chi connectivity index (χ2v) is 5.61. The molecule has 1 aromatic carbocycles. The van der Waals surface area contributed by atoms with Gasteiger partial charge in [-0.15, -0.1) is 11.3 Å². The minimum atomic E-state index is 0.715. The van der Waals surface area contributed by atoms with Crippen LogP contribution in [0.3, 0.4) is 0 Å². The Labute approximate surface area is 101 Å². The molecule has 0 fully saturated rings. The first-order valence-electron chi connectivity index (χ1n) is 5.66. The molecule has 2 heteroatoms. The highest BCUT2D eigenvalue weighted by molar-refractivity contribution is 7.10. The lowest BCUT2D eigenvalue weighted by molar-refractivity contribution is 0.647. The van der Waals surface area contributed by atoms with Gasteiger partial charge in [0.15, 0.2) is 0 Å². The molecule has 0 N–H and O–H groups in total. The van der Waals surface area contributed by atoms with Crippen molar-refractivity contribution in [2.24, 2.45) is 5.92 Å². The lowest BCUT2D eigenvalue weighted by Gasteiger charge is -2.05. The number of hydrogen-bond acceptors (Lipinski definition) is 2. The van der Waals surface area contributed by atoms with Crippen molar-refractivity contribution in [1.29, 1.82) is 0 Å². The van der Waals surface area contributed by atoms with Crippen LogP contribution in [-0.4, -0.2) is 4.98 Å². The number of nitrogens with zero attached hydrogens (tertiary/aromatic N) is 1. The topological polar surface area (TPSA) is 12.9 Å². The number of hydrogen-bond donors (Lipinski definition) is 0. The summed E-state index contributed by atoms with van der Waals surface area (Å²) >= 11 is 1.70. The molecular weight excluding hydrogens is 214 g/mol. The van der Waals surface area contributed by atoms with E-state index in [0.29, 0.717) is 5.92 Å². The quantitative estimate of drug-likeness (QED) is 0.766. The Balaban J connectivity index is 2.23. The van der Waals surface area contributed by atoms with Gasteiger partial charge in [-0.25, -0.2) is 4.98 Å². The van der Waals surface area contributed by atoms with Gasteiger partial charge >= 0.3 is 0 Å². The lowest BCUT2D eigenvalue weighted by Crippen LogP contribution is -1.93. The van der Waals surface area contributed by atoms with Gasteiger partial charge in [0.25, 0.3) is 0 Å². The highest BCUT2D eigenvalue weighted by Gasteiger charge is 2.04. The van der Waals surface area contributed by atoms with Crippen LogP contribution in [0.1, 0.15) is 24.3 Å². The zero-order chi connectivity index (χ0) is 11.5. The minimum Gasteiger partial charge on any atom is -0.244 e. The van der Waals surface area contributed by atoms with Crippen molar-refractivity contribution >= 4 is 11.3 Å². The van der Waals surface area contributed by atoms with E-state index in [1.165, 1.54) is 16.0 Å². The van der Waals surface area contributed by atoms with Crippen LogP contribution in [-0.2, 0) is 6.42 Å². The van der Waals surface area contributed by atoms with E-state index in [-0.39, 0.29) is 0 Å². The maximum atomic E-state index is 4.40. The van der Waals surface area contributed by atoms with Gasteiger partial charge in [0.1, 0.15) is 0 Å². The first-order valence-corrected chi connectivity index (χ1v) is 6.54. The van der Waals surface area contributed by atoms with Crippen molar-refractivity contribution < 1.29 is 0 Å². The van der Waals surface area contributed by atoms with Crippen molar-refractivity contribution in [3.05, 3.63) is 40.2 Å². The Morgan fingerprint density at radius 1 is 1.19 bits per heavy atom. The van der Waals surface area contributed by atoms with Crippen LogP contribution in [0.25, 0.3) is 11.3 Å². The largest absolute Gasteiger partial charge is 0.244 e. The maximum absolute atomic E-state index is 4.40. The second-order valence-electron chi connectivity index (χ2n) is 4.55. The normalized spacial score (nSPS) is 11.0. The van der Waals surface area contributed by atoms with Crippen LogP contribution in [0.5, 0.6) is 0 Å². The number of rotatable bonds is 3. The molecule has 2 rings (SSSR count). The van der Waals surface area contributed by atoms with Gasteiger partial charge in [0, 0.05) is 10.4 Å². The van der Waals surface area contributed by atoms with Gasteiger partial charge in [0.2, 0.25) is 0 Å². The van der Waals surface area contributed by atoms with Gasteiger partial charge in [-0.2, -0.15) is 0 Å². The summed E-state index contributed by atoms with van der Waals surface area (Å²) in [6.45, 7) is 6.62. The summed E-state index contributed by atoms with van der Waals surface area (Å²) in [6, 6.07) is 8.79. The number of thiazole rings is 1. The summed E-state index contributed by atoms with van der Waals surface area (Å²) in [5, 5.41) is 0. The number of aromatic nitrogens is 1. The van der Waals surface area contributed by atoms with Crippen LogP contribution in [0, 0.1) is 12.8 Å². The third kappa shape index (κ3) is 2.50. The van der Waals surface area contributed by atoms with Crippen LogP contribution >= 0.6 is 11.3 Å². The van der Waals surface area contributed by atoms with E-state index in [9.17, 15) is 0 Å². The fourth-order valence-corrected chi connectivity index (χ4v) is 2.45. The van der Waals surface area contributed by atoms with E-state index in [4.69, 9.17) is 0 Å². The van der Waals surface area contributed by atoms with Gasteiger partial charge in [-0.1, -0.05) is 38.1 Å². The number of benzene rings is 1. The van der Waals surface area contributed by atoms with Crippen molar-refractivity contribution in [1.82, 2.24) is 4.98 Å². The highest BCUT2D eigenvalue weighted by Crippen LogP contribution is 2.25. The Hall–Kier alpha value is -1.15. The van der Waals surface area contributed by atoms with E-state index >= 15 is 0 Å². The Kier molecular flexibility index (Phi) is 3.39. The molecule has 2 aromatic rings. The van der Waals surface area contributed by atoms with E-state index in [2.05, 4.69) is 50.0 Å². The highest BCUT2D eigenvalue weighted by atomic mass is 32.1. The molecule has 0 amide bonds. The molecule has 0 aliphatic heterocycles. The van der Waals surface area contributed by atoms with Gasteiger partial charge in [-0.05, 0) is 24.8 Å². The molecule has 0 atom stereocenters. The average molecular weight is 231 g/mol. The zero-order valence-electron chi connectivity index (χ0n) is 10.0. The van der Waals surface area contributed by atoms with Crippen LogP contribution < -0.4 is 0 Å². The summed E-state index contributed by atoms with van der Waals surface area (Å²) in [6.07, 6.45) is 1.15. The minimum absolute atomic E-state index is 0.715. The molecule has 0 bridgehead atoms. The van der Waals surface area contributed by atoms with Crippen molar-refractivity contribution in [3.63, 3.8) is 0 Å². The van der Waals surface area contributed by atoms with Crippen LogP contribution in [0.4, 0.5) is 0 Å². The monoisotopic (exact) mass is 231 g/mol. The van der Waals surface area contributed by atoms with E-state index in [0.717, 1.165) is 12.1 Å². The molecule has 0 saturated carbocycles. The molecule has 0 saturated heterocycles. The third-order valence-electron chi connectivity index (χ3n) is 2.62. The Bertz CT molecular complexity index is 454. The fourth-order valence-electron chi connectivity index (χ4n) is 1.85. The molecule has 0 unspecified atom stereocenters. The molecule has 1 aromatic heterocycles. The SMILES string of the molecule is Cc1scnc1-c1ccc(CC(C)C)cc1. The molecule has 0 radical (unpaired) electrons. The molecule has 0 aliphatic carbocycles. The summed E-state index contributed by atoms with van der Waals surface area (Å²) in [5.74, 6) is 0.715. The summed E-state index contributed by atoms with van der Waals surface area (Å²) < 4.78 is 0. The molecular formula is C14H17NS. The van der Waals surface area contributed by atoms with Crippen molar-refractivity contribution in [2.75, 3.05) is 0 Å². The summed E-state index contributed by atoms with van der Waals surface area (Å²) in [7, 11) is 0. The van der Waals surface area contributed by atoms with Gasteiger partial charge in [-0.3, -0.25) is 0 Å². The molecule has 1 heterocycles. The maximum Gasteiger partial charge on any atom is 0.0840 e. The second kappa shape index (κ2) is 4.79. The standard InChI is InChI=1S/C14H17NS/c1-10(2)8-12-4-6-13(7-5-12)14-11(3)16-9-15-14/h4-7,9-10H,8H2,1-3H3. The van der Waals surface area contributed by atoms with Crippen LogP contribution in [0.15, 0.2) is 29.8 Å². The number of aryl methyl sites for hydroxylation is 1. The molecule has 1 nitrogen and oxygen atoms in total. The molecule has 16 heavy (non-hydrogen) atoms. The predicted molar refractivity (Wildman–Crippen MR) is 70.8 cm³/mol. The molecule has 84 valence electrons. The smallest absolute Gasteiger partial charge is 0.0840 e. The van der Waals surface area contributed by atoms with E-state index in [1.807, 2.05) is 5.51 Å². The average Bonchev–Trinajstić information content (AvgIpc) is 2.65. The Morgan fingerprint density at radius 3 is 2.38 bits per heavy atom. The molecule has 0 spiro atoms. The molecule has 0 aliphatic rings. The first kappa shape index (κ1) is 11.3. The summed E-state index contributed by atoms with van der Waals surface area (Å²) in [5.41, 5.74) is 5.67. The van der Waals surface area contributed by atoms with Crippen LogP contribution in [0.2, 0.25) is 0 Å². The fraction of sp³-hybridized carbons (Fsp3) is 0.357. The van der Waals surface area contributed by atoms with Crippen molar-refractivity contribution in [3.8, 4) is 11.3 Å². The van der Waals surface area contributed by atoms with Crippen molar-refractivity contribution in [2.45, 2.75) is 27.2 Å².